The number of hydrogen-bond donors (Lipinski definition) is 1. The Bertz CT molecular complexity index is 343. The van der Waals surface area contributed by atoms with Gasteiger partial charge in [0.25, 0.3) is 12.1 Å². The van der Waals surface area contributed by atoms with Gasteiger partial charge < -0.3 is 5.73 Å². The SMILES string of the molecule is Nc1cnc(C(F)F)c([N+](=O)[O-])c1. The Morgan fingerprint density at radius 1 is 1.62 bits per heavy atom. The van der Waals surface area contributed by atoms with Crippen LogP contribution in [0.25, 0.3) is 0 Å². The van der Waals surface area contributed by atoms with Crippen molar-refractivity contribution >= 4 is 11.4 Å². The normalized spacial score (nSPS) is 10.4. The van der Waals surface area contributed by atoms with E-state index in [-0.39, 0.29) is 5.69 Å². The van der Waals surface area contributed by atoms with Gasteiger partial charge in [-0.3, -0.25) is 10.1 Å². The first-order valence-electron chi connectivity index (χ1n) is 3.20. The van der Waals surface area contributed by atoms with Crippen molar-refractivity contribution in [1.82, 2.24) is 4.98 Å². The van der Waals surface area contributed by atoms with E-state index < -0.39 is 22.7 Å². The first-order valence-corrected chi connectivity index (χ1v) is 3.20. The highest BCUT2D eigenvalue weighted by Crippen LogP contribution is 2.27. The van der Waals surface area contributed by atoms with E-state index in [9.17, 15) is 18.9 Å². The zero-order valence-electron chi connectivity index (χ0n) is 6.28. The second-order valence-corrected chi connectivity index (χ2v) is 2.23. The summed E-state index contributed by atoms with van der Waals surface area (Å²) in [6.45, 7) is 0. The number of pyridine rings is 1. The first kappa shape index (κ1) is 9.30. The van der Waals surface area contributed by atoms with E-state index in [4.69, 9.17) is 5.73 Å². The van der Waals surface area contributed by atoms with Gasteiger partial charge in [0, 0.05) is 6.07 Å². The fourth-order valence-electron chi connectivity index (χ4n) is 0.794. The smallest absolute Gasteiger partial charge is 0.298 e. The van der Waals surface area contributed by atoms with E-state index in [1.54, 1.807) is 0 Å². The second-order valence-electron chi connectivity index (χ2n) is 2.23. The second kappa shape index (κ2) is 3.30. The lowest BCUT2D eigenvalue weighted by Crippen LogP contribution is -2.00. The number of nitro groups is 1. The van der Waals surface area contributed by atoms with Crippen LogP contribution in [0.2, 0.25) is 0 Å². The van der Waals surface area contributed by atoms with Gasteiger partial charge in [-0.15, -0.1) is 0 Å². The zero-order chi connectivity index (χ0) is 10.0. The molecule has 0 radical (unpaired) electrons. The number of anilines is 1. The van der Waals surface area contributed by atoms with Crippen LogP contribution in [-0.4, -0.2) is 9.91 Å². The van der Waals surface area contributed by atoms with Crippen molar-refractivity contribution in [2.75, 3.05) is 5.73 Å². The number of nitrogens with two attached hydrogens (primary N) is 1. The average Bonchev–Trinajstić information content (AvgIpc) is 2.03. The number of nitrogens with zero attached hydrogens (tertiary/aromatic N) is 2. The van der Waals surface area contributed by atoms with Crippen molar-refractivity contribution in [3.63, 3.8) is 0 Å². The minimum Gasteiger partial charge on any atom is -0.397 e. The van der Waals surface area contributed by atoms with Crippen molar-refractivity contribution in [3.05, 3.63) is 28.1 Å². The molecule has 0 aliphatic rings. The predicted octanol–water partition coefficient (Wildman–Crippen LogP) is 1.51. The van der Waals surface area contributed by atoms with Crippen molar-refractivity contribution in [1.29, 1.82) is 0 Å². The molecule has 0 aliphatic heterocycles. The molecular weight excluding hydrogens is 184 g/mol. The predicted molar refractivity (Wildman–Crippen MR) is 40.3 cm³/mol. The molecule has 0 bridgehead atoms. The topological polar surface area (TPSA) is 82.0 Å². The standard InChI is InChI=1S/C6H5F2N3O2/c7-6(8)5-4(11(12)13)1-3(9)2-10-5/h1-2,6H,9H2. The van der Waals surface area contributed by atoms with Crippen LogP contribution in [0.5, 0.6) is 0 Å². The monoisotopic (exact) mass is 189 g/mol. The molecule has 0 aromatic carbocycles. The largest absolute Gasteiger partial charge is 0.397 e. The maximum Gasteiger partial charge on any atom is 0.298 e. The van der Waals surface area contributed by atoms with Crippen LogP contribution in [0.3, 0.4) is 0 Å². The van der Waals surface area contributed by atoms with Crippen LogP contribution in [0.1, 0.15) is 12.1 Å². The minimum atomic E-state index is -2.97. The Labute approximate surface area is 71.3 Å². The van der Waals surface area contributed by atoms with Crippen LogP contribution in [0.4, 0.5) is 20.2 Å². The summed E-state index contributed by atoms with van der Waals surface area (Å²) < 4.78 is 24.2. The molecule has 5 nitrogen and oxygen atoms in total. The summed E-state index contributed by atoms with van der Waals surface area (Å²) in [4.78, 5) is 12.5. The van der Waals surface area contributed by atoms with Crippen LogP contribution in [0.15, 0.2) is 12.3 Å². The molecule has 1 rings (SSSR count). The van der Waals surface area contributed by atoms with Crippen LogP contribution >= 0.6 is 0 Å². The maximum absolute atomic E-state index is 12.1. The summed E-state index contributed by atoms with van der Waals surface area (Å²) in [5, 5.41) is 10.3. The van der Waals surface area contributed by atoms with Gasteiger partial charge in [0.1, 0.15) is 0 Å². The zero-order valence-corrected chi connectivity index (χ0v) is 6.28. The molecule has 1 heterocycles. The Hall–Kier alpha value is -1.79. The average molecular weight is 189 g/mol. The lowest BCUT2D eigenvalue weighted by molar-refractivity contribution is -0.386. The lowest BCUT2D eigenvalue weighted by Gasteiger charge is -2.00. The Morgan fingerprint density at radius 2 is 2.23 bits per heavy atom. The molecule has 0 aliphatic carbocycles. The first-order chi connectivity index (χ1) is 6.02. The third-order valence-corrected chi connectivity index (χ3v) is 1.32. The molecule has 0 unspecified atom stereocenters. The van der Waals surface area contributed by atoms with E-state index in [1.165, 1.54) is 0 Å². The molecule has 0 saturated heterocycles. The molecule has 2 N–H and O–H groups in total. The fourth-order valence-corrected chi connectivity index (χ4v) is 0.794. The number of hydrogen-bond acceptors (Lipinski definition) is 4. The lowest BCUT2D eigenvalue weighted by atomic mass is 10.3. The van der Waals surface area contributed by atoms with E-state index in [2.05, 4.69) is 4.98 Å². The Kier molecular flexibility index (Phi) is 2.36. The van der Waals surface area contributed by atoms with Gasteiger partial charge in [-0.25, -0.2) is 13.8 Å². The van der Waals surface area contributed by atoms with Gasteiger partial charge >= 0.3 is 0 Å². The summed E-state index contributed by atoms with van der Waals surface area (Å²) >= 11 is 0. The third-order valence-electron chi connectivity index (χ3n) is 1.32. The number of rotatable bonds is 2. The molecule has 13 heavy (non-hydrogen) atoms. The van der Waals surface area contributed by atoms with Gasteiger partial charge in [0.05, 0.1) is 16.8 Å². The minimum absolute atomic E-state index is 0.0175. The summed E-state index contributed by atoms with van der Waals surface area (Å²) in [6.07, 6.45) is -2.02. The molecule has 0 amide bonds. The van der Waals surface area contributed by atoms with Gasteiger partial charge in [0.2, 0.25) is 0 Å². The van der Waals surface area contributed by atoms with Crippen molar-refractivity contribution < 1.29 is 13.7 Å². The van der Waals surface area contributed by atoms with Crippen LogP contribution in [-0.2, 0) is 0 Å². The van der Waals surface area contributed by atoms with E-state index in [1.807, 2.05) is 0 Å². The summed E-state index contributed by atoms with van der Waals surface area (Å²) in [5.41, 5.74) is 3.52. The van der Waals surface area contributed by atoms with Gasteiger partial charge in [-0.2, -0.15) is 0 Å². The maximum atomic E-state index is 12.1. The molecule has 70 valence electrons. The molecule has 1 aromatic heterocycles. The molecule has 1 aromatic rings. The highest BCUT2D eigenvalue weighted by molar-refractivity contribution is 5.48. The highest BCUT2D eigenvalue weighted by Gasteiger charge is 2.23. The summed E-state index contributed by atoms with van der Waals surface area (Å²) in [7, 11) is 0. The van der Waals surface area contributed by atoms with Crippen LogP contribution in [0, 0.1) is 10.1 Å². The molecule has 0 saturated carbocycles. The molecule has 0 atom stereocenters. The molecule has 0 fully saturated rings. The fraction of sp³-hybridized carbons (Fsp3) is 0.167. The number of aromatic nitrogens is 1. The van der Waals surface area contributed by atoms with Crippen molar-refractivity contribution in [2.45, 2.75) is 6.43 Å². The molecule has 0 spiro atoms. The van der Waals surface area contributed by atoms with E-state index in [0.29, 0.717) is 0 Å². The van der Waals surface area contributed by atoms with Gasteiger partial charge in [-0.05, 0) is 0 Å². The Morgan fingerprint density at radius 3 is 2.69 bits per heavy atom. The molecular formula is C6H5F2N3O2. The quantitative estimate of drug-likeness (QED) is 0.564. The molecule has 7 heteroatoms. The van der Waals surface area contributed by atoms with Gasteiger partial charge in [-0.1, -0.05) is 0 Å². The summed E-state index contributed by atoms with van der Waals surface area (Å²) in [6, 6.07) is 0.856. The van der Waals surface area contributed by atoms with E-state index >= 15 is 0 Å². The Balaban J connectivity index is 3.27. The third kappa shape index (κ3) is 1.86. The van der Waals surface area contributed by atoms with Crippen molar-refractivity contribution in [3.8, 4) is 0 Å². The van der Waals surface area contributed by atoms with Crippen molar-refractivity contribution in [2.24, 2.45) is 0 Å². The number of nitrogen functional groups attached to an aromatic ring is 1. The van der Waals surface area contributed by atoms with Crippen LogP contribution < -0.4 is 5.73 Å². The van der Waals surface area contributed by atoms with E-state index in [0.717, 1.165) is 12.3 Å². The highest BCUT2D eigenvalue weighted by atomic mass is 19.3. The number of halogens is 2. The number of alkyl halides is 2. The summed E-state index contributed by atoms with van der Waals surface area (Å²) in [5.74, 6) is 0. The van der Waals surface area contributed by atoms with Gasteiger partial charge in [0.15, 0.2) is 5.69 Å².